The minimum Gasteiger partial charge on any atom is -0.315 e. The molecule has 0 saturated heterocycles. The number of nitrogens with zero attached hydrogens (tertiary/aromatic N) is 1. The Morgan fingerprint density at radius 2 is 1.82 bits per heavy atom. The van der Waals surface area contributed by atoms with E-state index in [0.29, 0.717) is 6.04 Å². The molecule has 0 radical (unpaired) electrons. The third-order valence-corrected chi connectivity index (χ3v) is 4.13. The lowest BCUT2D eigenvalue weighted by molar-refractivity contribution is 0.169. The largest absolute Gasteiger partial charge is 0.315 e. The number of rotatable bonds is 11. The molecule has 17 heavy (non-hydrogen) atoms. The molecule has 0 aromatic carbocycles. The smallest absolute Gasteiger partial charge is 0.0220 e. The van der Waals surface area contributed by atoms with Gasteiger partial charge in [-0.3, -0.25) is 4.90 Å². The van der Waals surface area contributed by atoms with Gasteiger partial charge in [0.25, 0.3) is 0 Å². The van der Waals surface area contributed by atoms with Crippen LogP contribution in [-0.4, -0.2) is 49.1 Å². The Bertz CT molecular complexity index is 164. The quantitative estimate of drug-likeness (QED) is 0.574. The molecule has 104 valence electrons. The Morgan fingerprint density at radius 1 is 1.12 bits per heavy atom. The predicted octanol–water partition coefficient (Wildman–Crippen LogP) is 3.23. The van der Waals surface area contributed by atoms with Crippen LogP contribution in [0, 0.1) is 0 Å². The van der Waals surface area contributed by atoms with Gasteiger partial charge in [0.15, 0.2) is 0 Å². The van der Waals surface area contributed by atoms with Crippen LogP contribution in [0.2, 0.25) is 0 Å². The van der Waals surface area contributed by atoms with Gasteiger partial charge in [-0.25, -0.2) is 0 Å². The summed E-state index contributed by atoms with van der Waals surface area (Å²) in [5, 5.41) is 3.57. The Morgan fingerprint density at radius 3 is 2.29 bits per heavy atom. The highest BCUT2D eigenvalue weighted by molar-refractivity contribution is 7.98. The lowest BCUT2D eigenvalue weighted by atomic mass is 10.1. The number of hydrogen-bond acceptors (Lipinski definition) is 3. The number of thioether (sulfide) groups is 1. The van der Waals surface area contributed by atoms with Crippen LogP contribution >= 0.6 is 11.8 Å². The van der Waals surface area contributed by atoms with Crippen molar-refractivity contribution in [2.75, 3.05) is 32.1 Å². The van der Waals surface area contributed by atoms with Gasteiger partial charge >= 0.3 is 0 Å². The van der Waals surface area contributed by atoms with Crippen LogP contribution in [0.1, 0.15) is 46.5 Å². The Hall–Kier alpha value is 0.270. The first-order valence-electron chi connectivity index (χ1n) is 7.12. The second-order valence-electron chi connectivity index (χ2n) is 4.83. The highest BCUT2D eigenvalue weighted by atomic mass is 32.2. The van der Waals surface area contributed by atoms with Gasteiger partial charge in [-0.15, -0.1) is 0 Å². The van der Waals surface area contributed by atoms with E-state index in [-0.39, 0.29) is 0 Å². The third kappa shape index (κ3) is 7.32. The van der Waals surface area contributed by atoms with E-state index >= 15 is 0 Å². The summed E-state index contributed by atoms with van der Waals surface area (Å²) in [6, 6.07) is 1.42. The molecule has 0 aliphatic rings. The van der Waals surface area contributed by atoms with Crippen molar-refractivity contribution in [3.8, 4) is 0 Å². The molecule has 0 aromatic rings. The fourth-order valence-electron chi connectivity index (χ4n) is 2.24. The van der Waals surface area contributed by atoms with Gasteiger partial charge in [0.2, 0.25) is 0 Å². The molecule has 2 nitrogen and oxygen atoms in total. The molecule has 0 spiro atoms. The van der Waals surface area contributed by atoms with Crippen molar-refractivity contribution in [3.63, 3.8) is 0 Å². The van der Waals surface area contributed by atoms with E-state index < -0.39 is 0 Å². The molecule has 0 aromatic heterocycles. The van der Waals surface area contributed by atoms with Gasteiger partial charge in [-0.05, 0) is 39.1 Å². The summed E-state index contributed by atoms with van der Waals surface area (Å²) in [6.07, 6.45) is 7.27. The molecule has 1 N–H and O–H groups in total. The minimum absolute atomic E-state index is 0.698. The van der Waals surface area contributed by atoms with Gasteiger partial charge in [0, 0.05) is 24.4 Å². The maximum Gasteiger partial charge on any atom is 0.0220 e. The Labute approximate surface area is 113 Å². The van der Waals surface area contributed by atoms with E-state index in [1.54, 1.807) is 0 Å². The lowest BCUT2D eigenvalue weighted by Gasteiger charge is -2.34. The zero-order valence-corrected chi connectivity index (χ0v) is 13.3. The maximum atomic E-state index is 3.57. The van der Waals surface area contributed by atoms with Crippen LogP contribution < -0.4 is 5.32 Å². The molecule has 0 aliphatic carbocycles. The second kappa shape index (κ2) is 11.4. The highest BCUT2D eigenvalue weighted by Crippen LogP contribution is 2.14. The molecular weight excluding hydrogens is 228 g/mol. The first-order chi connectivity index (χ1) is 8.21. The normalized spacial score (nSPS) is 15.2. The van der Waals surface area contributed by atoms with Gasteiger partial charge in [0.05, 0.1) is 0 Å². The molecule has 3 heteroatoms. The first kappa shape index (κ1) is 17.3. The molecule has 0 amide bonds. The zero-order valence-electron chi connectivity index (χ0n) is 12.5. The van der Waals surface area contributed by atoms with Crippen molar-refractivity contribution in [1.29, 1.82) is 0 Å². The Balaban J connectivity index is 4.22. The molecule has 0 aliphatic heterocycles. The van der Waals surface area contributed by atoms with Crippen LogP contribution in [0.3, 0.4) is 0 Å². The van der Waals surface area contributed by atoms with E-state index in [2.05, 4.69) is 44.3 Å². The molecular formula is C14H32N2S. The first-order valence-corrected chi connectivity index (χ1v) is 8.52. The van der Waals surface area contributed by atoms with Crippen molar-refractivity contribution in [2.24, 2.45) is 0 Å². The molecule has 2 unspecified atom stereocenters. The molecule has 2 atom stereocenters. The van der Waals surface area contributed by atoms with Crippen LogP contribution in [-0.2, 0) is 0 Å². The molecule has 0 heterocycles. The van der Waals surface area contributed by atoms with Crippen LogP contribution in [0.4, 0.5) is 0 Å². The zero-order chi connectivity index (χ0) is 13.1. The molecule has 0 rings (SSSR count). The standard InChI is InChI=1S/C14H32N2S/c1-6-9-14(11-15-10-7-2)16(4)13(8-3)12-17-5/h13-15H,6-12H2,1-5H3. The Kier molecular flexibility index (Phi) is 11.5. The average Bonchev–Trinajstić information content (AvgIpc) is 2.34. The van der Waals surface area contributed by atoms with Crippen LogP contribution in [0.15, 0.2) is 0 Å². The van der Waals surface area contributed by atoms with Crippen molar-refractivity contribution in [1.82, 2.24) is 10.2 Å². The van der Waals surface area contributed by atoms with Crippen molar-refractivity contribution < 1.29 is 0 Å². The van der Waals surface area contributed by atoms with E-state index in [4.69, 9.17) is 0 Å². The van der Waals surface area contributed by atoms with E-state index in [1.807, 2.05) is 11.8 Å². The second-order valence-corrected chi connectivity index (χ2v) is 5.74. The summed E-state index contributed by atoms with van der Waals surface area (Å²) in [4.78, 5) is 2.60. The fraction of sp³-hybridized carbons (Fsp3) is 1.00. The summed E-state index contributed by atoms with van der Waals surface area (Å²) in [6.45, 7) is 9.11. The van der Waals surface area contributed by atoms with E-state index in [1.165, 1.54) is 31.4 Å². The third-order valence-electron chi connectivity index (χ3n) is 3.41. The minimum atomic E-state index is 0.698. The predicted molar refractivity (Wildman–Crippen MR) is 82.1 cm³/mol. The average molecular weight is 260 g/mol. The SMILES string of the molecule is CCCNCC(CCC)N(C)C(CC)CSC. The number of hydrogen-bond donors (Lipinski definition) is 1. The summed E-state index contributed by atoms with van der Waals surface area (Å²) in [7, 11) is 2.30. The molecule has 0 bridgehead atoms. The van der Waals surface area contributed by atoms with Gasteiger partial charge in [0.1, 0.15) is 0 Å². The summed E-state index contributed by atoms with van der Waals surface area (Å²) < 4.78 is 0. The maximum absolute atomic E-state index is 3.57. The molecule has 0 saturated carbocycles. The topological polar surface area (TPSA) is 15.3 Å². The van der Waals surface area contributed by atoms with Gasteiger partial charge < -0.3 is 5.32 Å². The molecule has 0 fully saturated rings. The van der Waals surface area contributed by atoms with E-state index in [0.717, 1.165) is 19.1 Å². The fourth-order valence-corrected chi connectivity index (χ4v) is 3.10. The van der Waals surface area contributed by atoms with Gasteiger partial charge in [-0.2, -0.15) is 11.8 Å². The van der Waals surface area contributed by atoms with Crippen molar-refractivity contribution >= 4 is 11.8 Å². The lowest BCUT2D eigenvalue weighted by Crippen LogP contribution is -2.46. The summed E-state index contributed by atoms with van der Waals surface area (Å²) in [5.41, 5.74) is 0. The van der Waals surface area contributed by atoms with Gasteiger partial charge in [-0.1, -0.05) is 27.2 Å². The van der Waals surface area contributed by atoms with Crippen LogP contribution in [0.5, 0.6) is 0 Å². The monoisotopic (exact) mass is 260 g/mol. The highest BCUT2D eigenvalue weighted by Gasteiger charge is 2.20. The van der Waals surface area contributed by atoms with Crippen molar-refractivity contribution in [2.45, 2.75) is 58.5 Å². The van der Waals surface area contributed by atoms with Crippen molar-refractivity contribution in [3.05, 3.63) is 0 Å². The van der Waals surface area contributed by atoms with Crippen LogP contribution in [0.25, 0.3) is 0 Å². The van der Waals surface area contributed by atoms with E-state index in [9.17, 15) is 0 Å². The summed E-state index contributed by atoms with van der Waals surface area (Å²) in [5.74, 6) is 1.25. The number of nitrogens with one attached hydrogen (secondary N) is 1. The number of likely N-dealkylation sites (N-methyl/N-ethyl adjacent to an activating group) is 1. The summed E-state index contributed by atoms with van der Waals surface area (Å²) >= 11 is 1.96.